The van der Waals surface area contributed by atoms with Crippen molar-refractivity contribution in [2.75, 3.05) is 6.67 Å². The molecule has 0 bridgehead atoms. The van der Waals surface area contributed by atoms with Crippen molar-refractivity contribution in [2.45, 2.75) is 0 Å². The van der Waals surface area contributed by atoms with E-state index in [9.17, 15) is 0 Å². The van der Waals surface area contributed by atoms with Gasteiger partial charge in [-0.1, -0.05) is 0 Å². The first-order chi connectivity index (χ1) is 1.41. The van der Waals surface area contributed by atoms with Crippen LogP contribution in [-0.4, -0.2) is 6.67 Å². The van der Waals surface area contributed by atoms with E-state index < -0.39 is 0 Å². The third-order valence-electron chi connectivity index (χ3n) is 0. The Bertz CT molecular complexity index is 6.00. The minimum Gasteiger partial charge on any atom is -0.319 e. The van der Waals surface area contributed by atoms with Gasteiger partial charge in [-0.3, -0.25) is 0 Å². The summed E-state index contributed by atoms with van der Waals surface area (Å²) in [5.74, 6) is 0. The smallest absolute Gasteiger partial charge is 0.0403 e. The second kappa shape index (κ2) is 9.44. The molecule has 0 aromatic carbocycles. The van der Waals surface area contributed by atoms with Crippen molar-refractivity contribution in [3.8, 4) is 0 Å². The largest absolute Gasteiger partial charge is 0.319 e. The molecule has 4 heavy (non-hydrogen) atoms. The van der Waals surface area contributed by atoms with Crippen molar-refractivity contribution < 1.29 is 21.7 Å². The molecule has 0 saturated heterocycles. The summed E-state index contributed by atoms with van der Waals surface area (Å²) >= 11 is 0. The van der Waals surface area contributed by atoms with Gasteiger partial charge in [-0.2, -0.15) is 0 Å². The van der Waals surface area contributed by atoms with E-state index in [1.54, 1.807) is 0 Å². The molecule has 0 aromatic heterocycles. The van der Waals surface area contributed by atoms with Crippen LogP contribution in [0.2, 0.25) is 0 Å². The molecule has 0 spiro atoms. The number of hydrogen-bond acceptors (Lipinski definition) is 2. The summed E-state index contributed by atoms with van der Waals surface area (Å²) < 4.78 is 0. The van der Waals surface area contributed by atoms with Crippen LogP contribution >= 0.6 is 0 Å². The molecule has 0 amide bonds. The van der Waals surface area contributed by atoms with Crippen LogP contribution in [0.1, 0.15) is 0 Å². The first-order valence-electron chi connectivity index (χ1n) is 0.816. The maximum absolute atomic E-state index is 4.62. The minimum absolute atomic E-state index is 0. The molecule has 0 atom stereocenters. The molecule has 0 rings (SSSR count). The average molecular weight is 93.9 g/mol. The maximum Gasteiger partial charge on any atom is 0.0403 e. The van der Waals surface area contributed by atoms with E-state index >= 15 is 0 Å². The topological polar surface area (TPSA) is 52.0 Å². The van der Waals surface area contributed by atoms with Crippen LogP contribution in [-0.2, 0) is 21.7 Å². The summed E-state index contributed by atoms with van der Waals surface area (Å²) in [6.45, 7) is 0.250. The zero-order chi connectivity index (χ0) is 2.71. The average Bonchev–Trinajstić information content (AvgIpc) is 0.918. The molecule has 0 saturated carbocycles. The molecule has 0 aliphatic rings. The summed E-state index contributed by atoms with van der Waals surface area (Å²) in [5, 5.41) is 0. The van der Waals surface area contributed by atoms with Gasteiger partial charge in [-0.05, 0) is 0 Å². The van der Waals surface area contributed by atoms with Gasteiger partial charge in [0.05, 0.1) is 0 Å². The van der Waals surface area contributed by atoms with Crippen molar-refractivity contribution in [1.29, 1.82) is 0 Å². The molecule has 24 valence electrons. The molecule has 0 unspecified atom stereocenters. The van der Waals surface area contributed by atoms with E-state index in [4.69, 9.17) is 0 Å². The van der Waals surface area contributed by atoms with Gasteiger partial charge in [-0.15, -0.1) is 0 Å². The Labute approximate surface area is 40.4 Å². The summed E-state index contributed by atoms with van der Waals surface area (Å²) in [4.78, 5) is 0. The normalized spacial score (nSPS) is 4.50. The van der Waals surface area contributed by atoms with Crippen LogP contribution in [0.15, 0.2) is 0 Å². The third-order valence-corrected chi connectivity index (χ3v) is 0. The maximum atomic E-state index is 4.62. The number of hydrogen-bond donors (Lipinski definition) is 2. The van der Waals surface area contributed by atoms with Crippen LogP contribution in [0.3, 0.4) is 0 Å². The van der Waals surface area contributed by atoms with Gasteiger partial charge in [0, 0.05) is 28.4 Å². The molecule has 0 aromatic rings. The molecule has 4 N–H and O–H groups in total. The summed E-state index contributed by atoms with van der Waals surface area (Å²) in [7, 11) is 0. The Hall–Kier alpha value is 0.634. The Morgan fingerprint density at radius 2 is 1.25 bits per heavy atom. The molecule has 3 heteroatoms. The Morgan fingerprint density at radius 1 is 1.25 bits per heavy atom. The second-order valence-electron chi connectivity index (χ2n) is 0.236. The predicted molar refractivity (Wildman–Crippen MR) is 13.2 cm³/mol. The van der Waals surface area contributed by atoms with Crippen LogP contribution in [0.4, 0.5) is 0 Å². The minimum atomic E-state index is 0. The molecule has 0 radical (unpaired) electrons. The van der Waals surface area contributed by atoms with E-state index in [1.807, 2.05) is 0 Å². The fourth-order valence-electron chi connectivity index (χ4n) is 0. The van der Waals surface area contributed by atoms with Crippen LogP contribution < -0.4 is 11.5 Å². The molecular formula is CH6N2Ti. The van der Waals surface area contributed by atoms with Gasteiger partial charge in [-0.25, -0.2) is 0 Å². The Balaban J connectivity index is 0. The SMILES string of the molecule is NCN.[Ti]. The summed E-state index contributed by atoms with van der Waals surface area (Å²) in [6.07, 6.45) is 0. The quantitative estimate of drug-likeness (QED) is 0.294. The second-order valence-corrected chi connectivity index (χ2v) is 0.236. The zero-order valence-corrected chi connectivity index (χ0v) is 3.92. The third kappa shape index (κ3) is 17.5. The van der Waals surface area contributed by atoms with E-state index in [1.165, 1.54) is 0 Å². The van der Waals surface area contributed by atoms with Gasteiger partial charge >= 0.3 is 0 Å². The van der Waals surface area contributed by atoms with Crippen LogP contribution in [0.25, 0.3) is 0 Å². The van der Waals surface area contributed by atoms with Crippen LogP contribution in [0.5, 0.6) is 0 Å². The van der Waals surface area contributed by atoms with E-state index in [-0.39, 0.29) is 28.4 Å². The summed E-state index contributed by atoms with van der Waals surface area (Å²) in [6, 6.07) is 0. The van der Waals surface area contributed by atoms with Crippen molar-refractivity contribution in [2.24, 2.45) is 11.5 Å². The van der Waals surface area contributed by atoms with Gasteiger partial charge in [0.15, 0.2) is 0 Å². The van der Waals surface area contributed by atoms with Gasteiger partial charge in [0.25, 0.3) is 0 Å². The van der Waals surface area contributed by atoms with E-state index in [0.717, 1.165) is 0 Å². The molecule has 0 heterocycles. The Kier molecular flexibility index (Phi) is 20.8. The van der Waals surface area contributed by atoms with Gasteiger partial charge in [0.1, 0.15) is 0 Å². The molecule has 0 fully saturated rings. The summed E-state index contributed by atoms with van der Waals surface area (Å²) in [5.41, 5.74) is 9.25. The van der Waals surface area contributed by atoms with Gasteiger partial charge in [0.2, 0.25) is 0 Å². The number of nitrogens with two attached hydrogens (primary N) is 2. The molecule has 0 aliphatic carbocycles. The standard InChI is InChI=1S/CH6N2.Ti/c2-1-3;/h1-3H2;. The van der Waals surface area contributed by atoms with Crippen molar-refractivity contribution in [3.05, 3.63) is 0 Å². The molecular weight excluding hydrogens is 87.9 g/mol. The monoisotopic (exact) mass is 94.0 g/mol. The first-order valence-corrected chi connectivity index (χ1v) is 0.816. The Morgan fingerprint density at radius 3 is 1.25 bits per heavy atom. The zero-order valence-electron chi connectivity index (χ0n) is 2.36. The van der Waals surface area contributed by atoms with Crippen molar-refractivity contribution in [1.82, 2.24) is 0 Å². The molecule has 0 aliphatic heterocycles. The van der Waals surface area contributed by atoms with Crippen molar-refractivity contribution >= 4 is 0 Å². The van der Waals surface area contributed by atoms with E-state index in [2.05, 4.69) is 11.5 Å². The predicted octanol–water partition coefficient (Wildman–Crippen LogP) is -1.14. The molecule has 2 nitrogen and oxygen atoms in total. The van der Waals surface area contributed by atoms with Crippen LogP contribution in [0, 0.1) is 0 Å². The number of rotatable bonds is 0. The fraction of sp³-hybridized carbons (Fsp3) is 1.00. The van der Waals surface area contributed by atoms with Crippen molar-refractivity contribution in [3.63, 3.8) is 0 Å². The fourth-order valence-corrected chi connectivity index (χ4v) is 0. The first kappa shape index (κ1) is 8.82. The van der Waals surface area contributed by atoms with Gasteiger partial charge < -0.3 is 11.5 Å². The van der Waals surface area contributed by atoms with E-state index in [0.29, 0.717) is 0 Å².